The van der Waals surface area contributed by atoms with E-state index in [1.807, 2.05) is 31.2 Å². The molecular formula is C25H24BrF2N5O4. The van der Waals surface area contributed by atoms with E-state index in [9.17, 15) is 13.6 Å². The van der Waals surface area contributed by atoms with Crippen LogP contribution in [0.15, 0.2) is 46.9 Å². The molecule has 0 saturated heterocycles. The second-order valence-corrected chi connectivity index (χ2v) is 10.2. The molecule has 0 spiro atoms. The molecule has 9 nitrogen and oxygen atoms in total. The first kappa shape index (κ1) is 25.0. The molecule has 0 aliphatic carbocycles. The number of aryl methyl sites for hydroxylation is 1. The first-order valence-electron chi connectivity index (χ1n) is 11.3. The number of nitrogens with two attached hydrogens (primary N) is 1. The molecule has 194 valence electrons. The predicted octanol–water partition coefficient (Wildman–Crippen LogP) is 4.23. The van der Waals surface area contributed by atoms with Crippen LogP contribution in [0, 0.1) is 0 Å². The van der Waals surface area contributed by atoms with E-state index >= 15 is 0 Å². The van der Waals surface area contributed by atoms with Gasteiger partial charge in [0.1, 0.15) is 0 Å². The normalized spacial score (nSPS) is 18.0. The van der Waals surface area contributed by atoms with Gasteiger partial charge in [0, 0.05) is 28.2 Å². The predicted molar refractivity (Wildman–Crippen MR) is 135 cm³/mol. The van der Waals surface area contributed by atoms with Crippen molar-refractivity contribution < 1.29 is 27.8 Å². The smallest absolute Gasteiger partial charge is 0.468 e. The Balaban J connectivity index is 1.64. The molecule has 12 heteroatoms. The maximum absolute atomic E-state index is 13.6. The Morgan fingerprint density at radius 2 is 1.89 bits per heavy atom. The fourth-order valence-corrected chi connectivity index (χ4v) is 4.66. The van der Waals surface area contributed by atoms with Gasteiger partial charge in [-0.25, -0.2) is 5.84 Å². The second kappa shape index (κ2) is 8.73. The second-order valence-electron chi connectivity index (χ2n) is 9.26. The lowest BCUT2D eigenvalue weighted by molar-refractivity contribution is -0.286. The van der Waals surface area contributed by atoms with E-state index in [1.54, 1.807) is 31.6 Å². The summed E-state index contributed by atoms with van der Waals surface area (Å²) in [4.78, 5) is 12.4. The molecule has 37 heavy (non-hydrogen) atoms. The fourth-order valence-electron chi connectivity index (χ4n) is 4.30. The van der Waals surface area contributed by atoms with Crippen molar-refractivity contribution in [2.24, 2.45) is 12.9 Å². The van der Waals surface area contributed by atoms with Gasteiger partial charge in [-0.05, 0) is 57.2 Å². The number of rotatable bonds is 5. The average Bonchev–Trinajstić information content (AvgIpc) is 3.51. The van der Waals surface area contributed by atoms with Gasteiger partial charge in [0.05, 0.1) is 22.5 Å². The monoisotopic (exact) mass is 575 g/mol. The van der Waals surface area contributed by atoms with Crippen LogP contribution >= 0.6 is 15.9 Å². The van der Waals surface area contributed by atoms with Crippen molar-refractivity contribution in [2.45, 2.75) is 38.7 Å². The molecular weight excluding hydrogens is 552 g/mol. The van der Waals surface area contributed by atoms with E-state index in [0.717, 1.165) is 21.3 Å². The van der Waals surface area contributed by atoms with Crippen molar-refractivity contribution in [1.82, 2.24) is 20.5 Å². The van der Waals surface area contributed by atoms with E-state index in [0.29, 0.717) is 22.7 Å². The first-order valence-corrected chi connectivity index (χ1v) is 12.1. The molecule has 5 rings (SSSR count). The Kier molecular flexibility index (Phi) is 5.91. The number of nitrogens with one attached hydrogen (secondary N) is 2. The maximum atomic E-state index is 13.6. The summed E-state index contributed by atoms with van der Waals surface area (Å²) in [6, 6.07) is 12.1. The van der Waals surface area contributed by atoms with Crippen molar-refractivity contribution in [2.75, 3.05) is 0 Å². The van der Waals surface area contributed by atoms with Crippen molar-refractivity contribution in [3.63, 3.8) is 0 Å². The zero-order valence-electron chi connectivity index (χ0n) is 20.4. The minimum absolute atomic E-state index is 0.0439. The molecule has 3 aromatic rings. The largest absolute Gasteiger partial charge is 0.586 e. The summed E-state index contributed by atoms with van der Waals surface area (Å²) < 4.78 is 45.0. The topological polar surface area (TPSA) is 113 Å². The lowest BCUT2D eigenvalue weighted by Crippen LogP contribution is -2.43. The van der Waals surface area contributed by atoms with Gasteiger partial charge >= 0.3 is 6.29 Å². The Morgan fingerprint density at radius 3 is 2.62 bits per heavy atom. The summed E-state index contributed by atoms with van der Waals surface area (Å²) in [5, 5.41) is 7.84. The van der Waals surface area contributed by atoms with Crippen LogP contribution in [0.5, 0.6) is 11.5 Å². The number of aromatic nitrogens is 2. The standard InChI is InChI=1S/C25H24BrF2N5O4/c1-12-30-21(13-5-8-18-19(9-13)37-25(27,28)36-18)22(35-12)16-10-14(26)6-7-15(16)17-11-20(32-33(17)4)24(2,3)23(34)31-29/h5-12,30H,29H2,1-4H3,(H,31,34). The molecule has 0 fully saturated rings. The van der Waals surface area contributed by atoms with Crippen LogP contribution in [0.1, 0.15) is 37.6 Å². The molecule has 0 bridgehead atoms. The van der Waals surface area contributed by atoms with Gasteiger partial charge in [-0.3, -0.25) is 14.9 Å². The number of hydrazine groups is 1. The maximum Gasteiger partial charge on any atom is 0.586 e. The number of ether oxygens (including phenoxy) is 3. The van der Waals surface area contributed by atoms with Crippen molar-refractivity contribution in [3.05, 3.63) is 63.8 Å². The van der Waals surface area contributed by atoms with Gasteiger partial charge in [-0.1, -0.05) is 22.0 Å². The van der Waals surface area contributed by atoms with Gasteiger partial charge in [0.15, 0.2) is 23.5 Å². The van der Waals surface area contributed by atoms with Crippen molar-refractivity contribution in [3.8, 4) is 22.8 Å². The highest BCUT2D eigenvalue weighted by Gasteiger charge is 2.43. The van der Waals surface area contributed by atoms with Crippen LogP contribution in [-0.2, 0) is 22.0 Å². The van der Waals surface area contributed by atoms with Gasteiger partial charge in [0.2, 0.25) is 5.91 Å². The van der Waals surface area contributed by atoms with Crippen LogP contribution < -0.4 is 26.1 Å². The average molecular weight is 576 g/mol. The molecule has 0 radical (unpaired) electrons. The lowest BCUT2D eigenvalue weighted by atomic mass is 9.88. The van der Waals surface area contributed by atoms with Crippen LogP contribution in [-0.4, -0.2) is 28.2 Å². The van der Waals surface area contributed by atoms with Crippen LogP contribution in [0.3, 0.4) is 0 Å². The summed E-state index contributed by atoms with van der Waals surface area (Å²) in [6.45, 7) is 5.31. The minimum atomic E-state index is -3.71. The number of alkyl halides is 2. The summed E-state index contributed by atoms with van der Waals surface area (Å²) in [5.74, 6) is 5.41. The zero-order chi connectivity index (χ0) is 26.7. The summed E-state index contributed by atoms with van der Waals surface area (Å²) in [7, 11) is 1.78. The molecule has 1 unspecified atom stereocenters. The zero-order valence-corrected chi connectivity index (χ0v) is 21.9. The third-order valence-corrected chi connectivity index (χ3v) is 6.77. The molecule has 3 heterocycles. The summed E-state index contributed by atoms with van der Waals surface area (Å²) in [6.07, 6.45) is -4.10. The molecule has 2 aromatic carbocycles. The number of carbonyl (C=O) groups is 1. The van der Waals surface area contributed by atoms with Crippen LogP contribution in [0.2, 0.25) is 0 Å². The number of fused-ring (bicyclic) bond motifs is 1. The third kappa shape index (κ3) is 4.40. The van der Waals surface area contributed by atoms with E-state index in [1.165, 1.54) is 12.1 Å². The van der Waals surface area contributed by atoms with Crippen molar-refractivity contribution in [1.29, 1.82) is 0 Å². The lowest BCUT2D eigenvalue weighted by Gasteiger charge is -2.19. The molecule has 1 amide bonds. The number of benzene rings is 2. The number of hydrogen-bond donors (Lipinski definition) is 3. The highest BCUT2D eigenvalue weighted by Crippen LogP contribution is 2.44. The van der Waals surface area contributed by atoms with E-state index < -0.39 is 17.9 Å². The SMILES string of the molecule is CC1NC(c2ccc3c(c2)OC(F)(F)O3)=C(c2cc(Br)ccc2-c2cc(C(C)(C)C(=O)NN)nn2C)O1. The third-order valence-electron chi connectivity index (χ3n) is 6.28. The Hall–Kier alpha value is -3.64. The molecule has 0 saturated carbocycles. The van der Waals surface area contributed by atoms with Gasteiger partial charge < -0.3 is 19.5 Å². The van der Waals surface area contributed by atoms with E-state index in [-0.39, 0.29) is 17.4 Å². The van der Waals surface area contributed by atoms with Gasteiger partial charge in [-0.15, -0.1) is 8.78 Å². The number of nitrogens with zero attached hydrogens (tertiary/aromatic N) is 2. The van der Waals surface area contributed by atoms with Crippen LogP contribution in [0.25, 0.3) is 22.7 Å². The minimum Gasteiger partial charge on any atom is -0.468 e. The molecule has 2 aliphatic heterocycles. The van der Waals surface area contributed by atoms with Gasteiger partial charge in [0.25, 0.3) is 0 Å². The number of halogens is 3. The molecule has 4 N–H and O–H groups in total. The van der Waals surface area contributed by atoms with Crippen molar-refractivity contribution >= 4 is 33.3 Å². The Bertz CT molecular complexity index is 1450. The summed E-state index contributed by atoms with van der Waals surface area (Å²) in [5.41, 5.74) is 5.16. The summed E-state index contributed by atoms with van der Waals surface area (Å²) >= 11 is 3.54. The van der Waals surface area contributed by atoms with E-state index in [4.69, 9.17) is 10.6 Å². The number of carbonyl (C=O) groups excluding carboxylic acids is 1. The molecule has 1 atom stereocenters. The first-order chi connectivity index (χ1) is 17.4. The number of hydrogen-bond acceptors (Lipinski definition) is 7. The molecule has 2 aliphatic rings. The van der Waals surface area contributed by atoms with Crippen LogP contribution in [0.4, 0.5) is 8.78 Å². The molecule has 1 aromatic heterocycles. The Labute approximate surface area is 219 Å². The fraction of sp³-hybridized carbons (Fsp3) is 0.280. The number of amides is 1. The quantitative estimate of drug-likeness (QED) is 0.237. The van der Waals surface area contributed by atoms with Gasteiger partial charge in [-0.2, -0.15) is 5.10 Å². The van der Waals surface area contributed by atoms with E-state index in [2.05, 4.69) is 41.2 Å². The Morgan fingerprint density at radius 1 is 1.16 bits per heavy atom. The highest BCUT2D eigenvalue weighted by molar-refractivity contribution is 9.10. The highest BCUT2D eigenvalue weighted by atomic mass is 79.9.